The molecule has 2 N–H and O–H groups in total. The van der Waals surface area contributed by atoms with E-state index in [1.165, 1.54) is 6.07 Å². The first-order chi connectivity index (χ1) is 11.6. The van der Waals surface area contributed by atoms with Gasteiger partial charge in [-0.25, -0.2) is 4.39 Å². The summed E-state index contributed by atoms with van der Waals surface area (Å²) in [5.74, 6) is -0.241. The molecular weight excluding hydrogens is 327 g/mol. The van der Waals surface area contributed by atoms with E-state index >= 15 is 0 Å². The van der Waals surface area contributed by atoms with Gasteiger partial charge >= 0.3 is 0 Å². The van der Waals surface area contributed by atoms with Gasteiger partial charge in [-0.1, -0.05) is 30.2 Å². The number of hydrogen-bond donors (Lipinski definition) is 2. The number of hydrogen-bond acceptors (Lipinski definition) is 2. The lowest BCUT2D eigenvalue weighted by Crippen LogP contribution is -2.38. The molecule has 3 aromatic rings. The Kier molecular flexibility index (Phi) is 3.82. The van der Waals surface area contributed by atoms with Crippen molar-refractivity contribution >= 4 is 22.5 Å². The zero-order valence-electron chi connectivity index (χ0n) is 13.1. The number of nitrogens with one attached hydrogen (secondary N) is 1. The second-order valence-electron chi connectivity index (χ2n) is 6.75. The fourth-order valence-electron chi connectivity index (χ4n) is 3.82. The lowest BCUT2D eigenvalue weighted by atomic mass is 9.60. The number of H-pyrrole nitrogens is 1. The SMILES string of the molecule is OC(c1cc(Cl)cc2cn[nH]c12)C1(Cc2cccc(F)c2)CCC1. The topological polar surface area (TPSA) is 48.9 Å². The van der Waals surface area contributed by atoms with Gasteiger partial charge in [0.05, 0.1) is 17.8 Å². The van der Waals surface area contributed by atoms with E-state index in [2.05, 4.69) is 10.2 Å². The highest BCUT2D eigenvalue weighted by molar-refractivity contribution is 6.31. The van der Waals surface area contributed by atoms with Crippen molar-refractivity contribution in [3.8, 4) is 0 Å². The molecule has 0 aliphatic heterocycles. The smallest absolute Gasteiger partial charge is 0.123 e. The minimum absolute atomic E-state index is 0.241. The van der Waals surface area contributed by atoms with Crippen LogP contribution in [0.25, 0.3) is 10.9 Å². The van der Waals surface area contributed by atoms with Crippen LogP contribution in [0.5, 0.6) is 0 Å². The largest absolute Gasteiger partial charge is 0.388 e. The lowest BCUT2D eigenvalue weighted by Gasteiger charge is -2.46. The average Bonchev–Trinajstić information content (AvgIpc) is 2.97. The molecule has 0 spiro atoms. The summed E-state index contributed by atoms with van der Waals surface area (Å²) in [6.45, 7) is 0. The Morgan fingerprint density at radius 2 is 2.12 bits per heavy atom. The molecule has 0 radical (unpaired) electrons. The van der Waals surface area contributed by atoms with E-state index in [1.54, 1.807) is 24.4 Å². The van der Waals surface area contributed by atoms with Crippen LogP contribution in [-0.4, -0.2) is 15.3 Å². The first kappa shape index (κ1) is 15.6. The van der Waals surface area contributed by atoms with E-state index in [0.29, 0.717) is 11.4 Å². The van der Waals surface area contributed by atoms with Crippen LogP contribution < -0.4 is 0 Å². The minimum Gasteiger partial charge on any atom is -0.388 e. The number of halogens is 2. The first-order valence-corrected chi connectivity index (χ1v) is 8.50. The Morgan fingerprint density at radius 3 is 2.83 bits per heavy atom. The molecule has 1 saturated carbocycles. The second-order valence-corrected chi connectivity index (χ2v) is 7.19. The maximum atomic E-state index is 13.5. The number of nitrogens with zero attached hydrogens (tertiary/aromatic N) is 1. The molecule has 1 heterocycles. The number of aromatic nitrogens is 2. The van der Waals surface area contributed by atoms with Crippen LogP contribution in [0.3, 0.4) is 0 Å². The van der Waals surface area contributed by atoms with Gasteiger partial charge in [0, 0.05) is 21.4 Å². The second kappa shape index (κ2) is 5.87. The van der Waals surface area contributed by atoms with Crippen LogP contribution in [-0.2, 0) is 6.42 Å². The van der Waals surface area contributed by atoms with E-state index < -0.39 is 6.10 Å². The maximum absolute atomic E-state index is 13.5. The van der Waals surface area contributed by atoms with E-state index in [0.717, 1.165) is 41.3 Å². The summed E-state index contributed by atoms with van der Waals surface area (Å²) in [4.78, 5) is 0. The summed E-state index contributed by atoms with van der Waals surface area (Å²) in [7, 11) is 0. The third kappa shape index (κ3) is 2.60. The van der Waals surface area contributed by atoms with Gasteiger partial charge in [0.25, 0.3) is 0 Å². The predicted molar refractivity (Wildman–Crippen MR) is 92.5 cm³/mol. The molecule has 0 bridgehead atoms. The van der Waals surface area contributed by atoms with Crippen LogP contribution >= 0.6 is 11.6 Å². The Balaban J connectivity index is 1.72. The van der Waals surface area contributed by atoms with Crippen LogP contribution in [0.2, 0.25) is 5.02 Å². The van der Waals surface area contributed by atoms with Gasteiger partial charge in [0.1, 0.15) is 5.82 Å². The number of aromatic amines is 1. The monoisotopic (exact) mass is 344 g/mol. The fourth-order valence-corrected chi connectivity index (χ4v) is 4.06. The van der Waals surface area contributed by atoms with Crippen LogP contribution in [0.15, 0.2) is 42.6 Å². The molecule has 0 amide bonds. The van der Waals surface area contributed by atoms with Crippen molar-refractivity contribution in [1.29, 1.82) is 0 Å². The number of fused-ring (bicyclic) bond motifs is 1. The Hall–Kier alpha value is -1.91. The molecule has 0 saturated heterocycles. The van der Waals surface area contributed by atoms with Crippen LogP contribution in [0.4, 0.5) is 4.39 Å². The normalized spacial score (nSPS) is 17.6. The molecule has 124 valence electrons. The highest BCUT2D eigenvalue weighted by Gasteiger charge is 2.44. The van der Waals surface area contributed by atoms with Gasteiger partial charge in [-0.15, -0.1) is 0 Å². The third-order valence-corrected chi connectivity index (χ3v) is 5.43. The predicted octanol–water partition coefficient (Wildman–Crippen LogP) is 4.80. The Labute approximate surface area is 144 Å². The molecule has 4 rings (SSSR count). The molecule has 3 nitrogen and oxygen atoms in total. The molecule has 5 heteroatoms. The summed E-state index contributed by atoms with van der Waals surface area (Å²) >= 11 is 6.21. The van der Waals surface area contributed by atoms with E-state index in [1.807, 2.05) is 12.1 Å². The molecule has 1 aliphatic carbocycles. The van der Waals surface area contributed by atoms with Crippen molar-refractivity contribution < 1.29 is 9.50 Å². The fraction of sp³-hybridized carbons (Fsp3) is 0.316. The molecule has 1 unspecified atom stereocenters. The summed E-state index contributed by atoms with van der Waals surface area (Å²) < 4.78 is 13.5. The number of aliphatic hydroxyl groups excluding tert-OH is 1. The number of rotatable bonds is 4. The molecule has 1 aromatic heterocycles. The third-order valence-electron chi connectivity index (χ3n) is 5.21. The van der Waals surface area contributed by atoms with Gasteiger partial charge < -0.3 is 5.11 Å². The highest BCUT2D eigenvalue weighted by atomic mass is 35.5. The summed E-state index contributed by atoms with van der Waals surface area (Å²) in [5, 5.41) is 19.7. The van der Waals surface area contributed by atoms with Crippen LogP contribution in [0.1, 0.15) is 36.5 Å². The average molecular weight is 345 g/mol. The number of benzene rings is 2. The molecule has 1 fully saturated rings. The molecule has 2 aromatic carbocycles. The maximum Gasteiger partial charge on any atom is 0.123 e. The zero-order chi connectivity index (χ0) is 16.7. The van der Waals surface area contributed by atoms with E-state index in [4.69, 9.17) is 11.6 Å². The molecule has 1 aliphatic rings. The van der Waals surface area contributed by atoms with Gasteiger partial charge in [0.15, 0.2) is 0 Å². The van der Waals surface area contributed by atoms with Crippen molar-refractivity contribution in [3.63, 3.8) is 0 Å². The zero-order valence-corrected chi connectivity index (χ0v) is 13.9. The van der Waals surface area contributed by atoms with Crippen molar-refractivity contribution in [2.24, 2.45) is 5.41 Å². The molecular formula is C19H18ClFN2O. The van der Waals surface area contributed by atoms with Crippen molar-refractivity contribution in [2.75, 3.05) is 0 Å². The lowest BCUT2D eigenvalue weighted by molar-refractivity contribution is -0.0361. The van der Waals surface area contributed by atoms with Gasteiger partial charge in [-0.2, -0.15) is 5.10 Å². The van der Waals surface area contributed by atoms with Gasteiger partial charge in [0.2, 0.25) is 0 Å². The summed E-state index contributed by atoms with van der Waals surface area (Å²) in [5.41, 5.74) is 2.22. The summed E-state index contributed by atoms with van der Waals surface area (Å²) in [6, 6.07) is 10.3. The minimum atomic E-state index is -0.670. The van der Waals surface area contributed by atoms with Gasteiger partial charge in [-0.05, 0) is 49.1 Å². The quantitative estimate of drug-likeness (QED) is 0.714. The Morgan fingerprint density at radius 1 is 1.29 bits per heavy atom. The first-order valence-electron chi connectivity index (χ1n) is 8.12. The van der Waals surface area contributed by atoms with Crippen molar-refractivity contribution in [3.05, 3.63) is 64.6 Å². The Bertz CT molecular complexity index is 888. The highest BCUT2D eigenvalue weighted by Crippen LogP contribution is 2.53. The standard InChI is InChI=1S/C19H18ClFN2O/c20-14-8-13-11-22-23-17(13)16(9-14)18(24)19(5-2-6-19)10-12-3-1-4-15(21)7-12/h1,3-4,7-9,11,18,24H,2,5-6,10H2,(H,22,23). The summed E-state index contributed by atoms with van der Waals surface area (Å²) in [6.07, 6.45) is 4.57. The van der Waals surface area contributed by atoms with Crippen molar-refractivity contribution in [2.45, 2.75) is 31.8 Å². The van der Waals surface area contributed by atoms with Crippen molar-refractivity contribution in [1.82, 2.24) is 10.2 Å². The van der Waals surface area contributed by atoms with E-state index in [9.17, 15) is 9.50 Å². The van der Waals surface area contributed by atoms with Crippen LogP contribution in [0, 0.1) is 11.2 Å². The van der Waals surface area contributed by atoms with Gasteiger partial charge in [-0.3, -0.25) is 5.10 Å². The molecule has 1 atom stereocenters. The molecule has 24 heavy (non-hydrogen) atoms. The number of aliphatic hydroxyl groups is 1. The van der Waals surface area contributed by atoms with E-state index in [-0.39, 0.29) is 11.2 Å².